The Hall–Kier alpha value is -7.44. The summed E-state index contributed by atoms with van der Waals surface area (Å²) in [5.74, 6) is 0. The second kappa shape index (κ2) is 13.1. The van der Waals surface area contributed by atoms with Crippen LogP contribution in [0.1, 0.15) is 44.8 Å². The molecule has 0 saturated carbocycles. The van der Waals surface area contributed by atoms with Crippen LogP contribution >= 0.6 is 0 Å². The number of halogens is 12. The van der Waals surface area contributed by atoms with Crippen molar-refractivity contribution < 1.29 is 52.7 Å². The molecule has 286 valence electrons. The van der Waals surface area contributed by atoms with Crippen molar-refractivity contribution in [3.8, 4) is 69.0 Å². The Morgan fingerprint density at radius 1 is 0.362 bits per heavy atom. The summed E-state index contributed by atoms with van der Waals surface area (Å²) in [6.45, 7) is 0. The lowest BCUT2D eigenvalue weighted by Gasteiger charge is -2.15. The van der Waals surface area contributed by atoms with Crippen molar-refractivity contribution in [1.29, 1.82) is 21.0 Å². The Morgan fingerprint density at radius 3 is 0.931 bits per heavy atom. The van der Waals surface area contributed by atoms with Crippen LogP contribution < -0.4 is 0 Å². The number of hydrogen-bond acceptors (Lipinski definition) is 6. The lowest BCUT2D eigenvalue weighted by molar-refractivity contribution is -0.144. The van der Waals surface area contributed by atoms with Crippen LogP contribution in [0.4, 0.5) is 52.7 Å². The van der Waals surface area contributed by atoms with E-state index in [0.29, 0.717) is 24.3 Å². The zero-order chi connectivity index (χ0) is 42.3. The number of nitriles is 4. The molecule has 0 fully saturated rings. The molecule has 0 unspecified atom stereocenters. The van der Waals surface area contributed by atoms with E-state index in [2.05, 4.69) is 9.97 Å². The van der Waals surface area contributed by atoms with Crippen molar-refractivity contribution in [3.05, 3.63) is 129 Å². The van der Waals surface area contributed by atoms with Gasteiger partial charge in [0.1, 0.15) is 46.8 Å². The summed E-state index contributed by atoms with van der Waals surface area (Å²) < 4.78 is 164. The Bertz CT molecular complexity index is 2590. The van der Waals surface area contributed by atoms with Gasteiger partial charge in [0.25, 0.3) is 0 Å². The van der Waals surface area contributed by atoms with Crippen LogP contribution in [0.3, 0.4) is 0 Å². The van der Waals surface area contributed by atoms with E-state index in [-0.39, 0.29) is 79.4 Å². The molecule has 7 rings (SSSR count). The van der Waals surface area contributed by atoms with E-state index in [1.54, 1.807) is 24.3 Å². The second-order valence-electron chi connectivity index (χ2n) is 12.7. The molecular weight excluding hydrogens is 792 g/mol. The summed E-state index contributed by atoms with van der Waals surface area (Å²) in [6, 6.07) is 15.6. The third-order valence-corrected chi connectivity index (χ3v) is 9.25. The highest BCUT2D eigenvalue weighted by atomic mass is 19.4. The third-order valence-electron chi connectivity index (χ3n) is 9.25. The molecule has 0 amide bonds. The number of hydrogen-bond donors (Lipinski definition) is 0. The number of fused-ring (bicyclic) bond motifs is 6. The van der Waals surface area contributed by atoms with E-state index >= 15 is 0 Å². The SMILES string of the molecule is N#CC(C#N)=C1c2cc(-c3cc(C(F)(F)F)cc(C(F)(F)F)c3)ccc2-c2nc3c(nc21)C(=C(C#N)C#N)c1cc(-c2cc(C(F)(F)F)cc(C(F)(F)F)c2)ccc1-3. The van der Waals surface area contributed by atoms with Gasteiger partial charge in [0.05, 0.1) is 33.6 Å². The largest absolute Gasteiger partial charge is 0.416 e. The van der Waals surface area contributed by atoms with Crippen molar-refractivity contribution >= 4 is 11.1 Å². The highest BCUT2D eigenvalue weighted by Gasteiger charge is 2.40. The molecule has 0 aliphatic heterocycles. The first-order valence-corrected chi connectivity index (χ1v) is 16.0. The van der Waals surface area contributed by atoms with E-state index < -0.39 is 69.2 Å². The van der Waals surface area contributed by atoms with Gasteiger partial charge >= 0.3 is 24.7 Å². The predicted octanol–water partition coefficient (Wildman–Crippen LogP) is 11.5. The summed E-state index contributed by atoms with van der Waals surface area (Å²) >= 11 is 0. The highest BCUT2D eigenvalue weighted by molar-refractivity contribution is 6.07. The van der Waals surface area contributed by atoms with Crippen LogP contribution in [-0.4, -0.2) is 9.97 Å². The number of alkyl halides is 12. The zero-order valence-corrected chi connectivity index (χ0v) is 28.1. The van der Waals surface area contributed by atoms with Crippen LogP contribution in [0.2, 0.25) is 0 Å². The molecule has 0 radical (unpaired) electrons. The molecule has 2 aliphatic carbocycles. The molecule has 4 aromatic carbocycles. The molecule has 6 nitrogen and oxygen atoms in total. The van der Waals surface area contributed by atoms with Gasteiger partial charge in [-0.15, -0.1) is 0 Å². The monoisotopic (exact) mass is 804 g/mol. The van der Waals surface area contributed by atoms with Gasteiger partial charge in [-0.1, -0.05) is 24.3 Å². The summed E-state index contributed by atoms with van der Waals surface area (Å²) in [5, 5.41) is 39.8. The molecule has 0 N–H and O–H groups in total. The number of allylic oxidation sites excluding steroid dienone is 2. The minimum atomic E-state index is -5.18. The van der Waals surface area contributed by atoms with E-state index in [0.717, 1.165) is 12.1 Å². The predicted molar refractivity (Wildman–Crippen MR) is 178 cm³/mol. The minimum Gasteiger partial charge on any atom is -0.243 e. The van der Waals surface area contributed by atoms with Gasteiger partial charge in [0.2, 0.25) is 0 Å². The van der Waals surface area contributed by atoms with Gasteiger partial charge in [-0.05, 0) is 81.9 Å². The normalized spacial score (nSPS) is 13.0. The topological polar surface area (TPSA) is 121 Å². The van der Waals surface area contributed by atoms with Gasteiger partial charge in [0, 0.05) is 22.3 Å². The maximum Gasteiger partial charge on any atom is 0.416 e. The molecule has 1 aromatic heterocycles. The van der Waals surface area contributed by atoms with Gasteiger partial charge in [-0.25, -0.2) is 9.97 Å². The van der Waals surface area contributed by atoms with Crippen LogP contribution in [0.25, 0.3) is 55.9 Å². The average molecular weight is 805 g/mol. The molecular formula is C40H12F12N6. The molecule has 2 aliphatic rings. The second-order valence-corrected chi connectivity index (χ2v) is 12.7. The molecule has 0 spiro atoms. The van der Waals surface area contributed by atoms with Crippen molar-refractivity contribution in [1.82, 2.24) is 9.97 Å². The van der Waals surface area contributed by atoms with Crippen molar-refractivity contribution in [2.45, 2.75) is 24.7 Å². The number of benzene rings is 4. The molecule has 18 heteroatoms. The molecule has 0 saturated heterocycles. The third kappa shape index (κ3) is 6.44. The smallest absolute Gasteiger partial charge is 0.243 e. The Balaban J connectivity index is 1.46. The van der Waals surface area contributed by atoms with E-state index in [1.165, 1.54) is 24.3 Å². The first-order valence-electron chi connectivity index (χ1n) is 16.0. The molecule has 0 bridgehead atoms. The van der Waals surface area contributed by atoms with Crippen LogP contribution in [0, 0.1) is 45.3 Å². The Morgan fingerprint density at radius 2 is 0.655 bits per heavy atom. The fourth-order valence-electron chi connectivity index (χ4n) is 6.71. The van der Waals surface area contributed by atoms with Crippen molar-refractivity contribution in [2.24, 2.45) is 0 Å². The van der Waals surface area contributed by atoms with Gasteiger partial charge < -0.3 is 0 Å². The van der Waals surface area contributed by atoms with Crippen LogP contribution in [-0.2, 0) is 24.7 Å². The summed E-state index contributed by atoms with van der Waals surface area (Å²) in [7, 11) is 0. The minimum absolute atomic E-state index is 0.0489. The number of aromatic nitrogens is 2. The van der Waals surface area contributed by atoms with E-state index in [1.807, 2.05) is 0 Å². The molecule has 1 heterocycles. The maximum absolute atomic E-state index is 13.7. The fourth-order valence-corrected chi connectivity index (χ4v) is 6.71. The van der Waals surface area contributed by atoms with Gasteiger partial charge in [-0.2, -0.15) is 73.7 Å². The van der Waals surface area contributed by atoms with E-state index in [9.17, 15) is 73.7 Å². The Kier molecular flexibility index (Phi) is 8.75. The molecule has 0 atom stereocenters. The number of nitrogens with zero attached hydrogens (tertiary/aromatic N) is 6. The zero-order valence-electron chi connectivity index (χ0n) is 28.1. The van der Waals surface area contributed by atoms with E-state index in [4.69, 9.17) is 0 Å². The van der Waals surface area contributed by atoms with Gasteiger partial charge in [-0.3, -0.25) is 0 Å². The fraction of sp³-hybridized carbons (Fsp3) is 0.100. The summed E-state index contributed by atoms with van der Waals surface area (Å²) in [5.41, 5.74) is -10.1. The lowest BCUT2D eigenvalue weighted by Crippen LogP contribution is -2.11. The van der Waals surface area contributed by atoms with Gasteiger partial charge in [0.15, 0.2) is 0 Å². The molecule has 5 aromatic rings. The van der Waals surface area contributed by atoms with Crippen LogP contribution in [0.5, 0.6) is 0 Å². The highest BCUT2D eigenvalue weighted by Crippen LogP contribution is 2.52. The van der Waals surface area contributed by atoms with Crippen molar-refractivity contribution in [2.75, 3.05) is 0 Å². The quantitative estimate of drug-likeness (QED) is 0.127. The Labute approximate surface area is 317 Å². The average Bonchev–Trinajstić information content (AvgIpc) is 3.64. The van der Waals surface area contributed by atoms with Crippen LogP contribution in [0.15, 0.2) is 83.9 Å². The first-order chi connectivity index (χ1) is 27.1. The standard InChI is InChI=1S/C40H12F12N6/c41-37(42,43)23-5-19(6-24(11-23)38(44,45)46)17-1-3-27-29(9-17)31(21(13-53)14-54)35-33(27)57-34-28-4-2-18(10-30(28)32(36(34)58-35)22(15-55)16-56)20-7-25(39(47,48)49)12-26(8-20)40(50,51)52/h1-12H. The maximum atomic E-state index is 13.7. The molecule has 58 heavy (non-hydrogen) atoms. The first kappa shape index (κ1) is 38.8. The number of rotatable bonds is 2. The summed E-state index contributed by atoms with van der Waals surface area (Å²) in [4.78, 5) is 9.22. The lowest BCUT2D eigenvalue weighted by atomic mass is 9.94. The van der Waals surface area contributed by atoms with Crippen molar-refractivity contribution in [3.63, 3.8) is 0 Å². The summed E-state index contributed by atoms with van der Waals surface area (Å²) in [6.07, 6.45) is -20.7.